The Morgan fingerprint density at radius 2 is 2.08 bits per heavy atom. The van der Waals surface area contributed by atoms with E-state index in [2.05, 4.69) is 47.5 Å². The van der Waals surface area contributed by atoms with Crippen molar-refractivity contribution < 1.29 is 9.52 Å². The Hall–Kier alpha value is -2.34. The first-order chi connectivity index (χ1) is 11.9. The molecule has 0 aliphatic rings. The smallest absolute Gasteiger partial charge is 0.146 e. The third-order valence-corrected chi connectivity index (χ3v) is 4.82. The van der Waals surface area contributed by atoms with Gasteiger partial charge in [-0.1, -0.05) is 13.8 Å². The van der Waals surface area contributed by atoms with Gasteiger partial charge in [0.1, 0.15) is 23.6 Å². The molecule has 0 radical (unpaired) electrons. The van der Waals surface area contributed by atoms with Crippen molar-refractivity contribution in [3.05, 3.63) is 41.7 Å². The average molecular weight is 342 g/mol. The molecule has 0 aromatic carbocycles. The fraction of sp³-hybridized carbons (Fsp3) is 0.474. The number of fused-ring (bicyclic) bond motifs is 1. The van der Waals surface area contributed by atoms with Crippen LogP contribution in [0.5, 0.6) is 0 Å². The van der Waals surface area contributed by atoms with Crippen LogP contribution in [0.4, 0.5) is 5.82 Å². The third-order valence-electron chi connectivity index (χ3n) is 4.82. The molecule has 0 aliphatic heterocycles. The first kappa shape index (κ1) is 17.5. The number of hydrogen-bond acceptors (Lipinski definition) is 5. The minimum Gasteiger partial charge on any atom is -0.467 e. The number of anilines is 1. The van der Waals surface area contributed by atoms with Gasteiger partial charge in [-0.3, -0.25) is 0 Å². The number of furan rings is 1. The molecule has 0 spiro atoms. The molecule has 0 unspecified atom stereocenters. The highest BCUT2D eigenvalue weighted by molar-refractivity contribution is 5.91. The summed E-state index contributed by atoms with van der Waals surface area (Å²) in [5.74, 6) is 1.74. The number of nitrogens with zero attached hydrogens (tertiary/aromatic N) is 3. The lowest BCUT2D eigenvalue weighted by Gasteiger charge is -2.24. The van der Waals surface area contributed by atoms with Crippen LogP contribution in [0.1, 0.15) is 37.3 Å². The van der Waals surface area contributed by atoms with E-state index in [1.54, 1.807) is 12.6 Å². The minimum absolute atomic E-state index is 0.00823. The van der Waals surface area contributed by atoms with E-state index in [0.29, 0.717) is 6.54 Å². The normalized spacial score (nSPS) is 12.0. The van der Waals surface area contributed by atoms with Crippen LogP contribution in [0.15, 0.2) is 29.1 Å². The van der Waals surface area contributed by atoms with Gasteiger partial charge in [0.2, 0.25) is 0 Å². The summed E-state index contributed by atoms with van der Waals surface area (Å²) in [6, 6.07) is 3.87. The highest BCUT2D eigenvalue weighted by Crippen LogP contribution is 2.30. The molecule has 0 atom stereocenters. The molecule has 6 heteroatoms. The zero-order chi connectivity index (χ0) is 18.0. The molecule has 2 N–H and O–H groups in total. The van der Waals surface area contributed by atoms with Crippen LogP contribution in [-0.2, 0) is 6.54 Å². The number of hydrogen-bond donors (Lipinski definition) is 2. The quantitative estimate of drug-likeness (QED) is 0.687. The summed E-state index contributed by atoms with van der Waals surface area (Å²) in [5.41, 5.74) is 3.23. The highest BCUT2D eigenvalue weighted by atomic mass is 16.3. The maximum atomic E-state index is 9.21. The van der Waals surface area contributed by atoms with Crippen molar-refractivity contribution in [3.8, 4) is 0 Å². The Kier molecular flexibility index (Phi) is 4.81. The number of aliphatic hydroxyl groups excluding tert-OH is 1. The van der Waals surface area contributed by atoms with Crippen LogP contribution >= 0.6 is 0 Å². The molecule has 134 valence electrons. The van der Waals surface area contributed by atoms with Crippen LogP contribution in [0, 0.1) is 19.3 Å². The Bertz CT molecular complexity index is 850. The largest absolute Gasteiger partial charge is 0.467 e. The molecule has 0 aliphatic carbocycles. The lowest BCUT2D eigenvalue weighted by molar-refractivity contribution is 0.220. The maximum absolute atomic E-state index is 9.21. The van der Waals surface area contributed by atoms with E-state index >= 15 is 0 Å². The first-order valence-corrected chi connectivity index (χ1v) is 8.60. The Morgan fingerprint density at radius 3 is 2.76 bits per heavy atom. The summed E-state index contributed by atoms with van der Waals surface area (Å²) >= 11 is 0. The van der Waals surface area contributed by atoms with Crippen molar-refractivity contribution in [1.82, 2.24) is 14.5 Å². The number of rotatable bonds is 7. The molecule has 25 heavy (non-hydrogen) atoms. The second-order valence-electron chi connectivity index (χ2n) is 7.29. The SMILES string of the molecule is Cc1c(C)n(Cc2ccco2)c2ncnc(NCC(C)(C)CCO)c12. The Balaban J connectivity index is 1.96. The first-order valence-electron chi connectivity index (χ1n) is 8.60. The molecule has 0 saturated carbocycles. The summed E-state index contributed by atoms with van der Waals surface area (Å²) in [6.45, 7) is 10.0. The molecule has 3 aromatic heterocycles. The average Bonchev–Trinajstić information content (AvgIpc) is 3.17. The van der Waals surface area contributed by atoms with E-state index < -0.39 is 0 Å². The number of aryl methyl sites for hydroxylation is 1. The van der Waals surface area contributed by atoms with Crippen molar-refractivity contribution in [1.29, 1.82) is 0 Å². The molecular formula is C19H26N4O2. The topological polar surface area (TPSA) is 76.1 Å². The van der Waals surface area contributed by atoms with Crippen molar-refractivity contribution in [2.24, 2.45) is 5.41 Å². The molecule has 3 aromatic rings. The van der Waals surface area contributed by atoms with Gasteiger partial charge in [-0.05, 0) is 43.4 Å². The summed E-state index contributed by atoms with van der Waals surface area (Å²) in [6.07, 6.45) is 4.03. The molecule has 3 rings (SSSR count). The van der Waals surface area contributed by atoms with Gasteiger partial charge < -0.3 is 19.4 Å². The Morgan fingerprint density at radius 1 is 1.28 bits per heavy atom. The van der Waals surface area contributed by atoms with Gasteiger partial charge in [0.25, 0.3) is 0 Å². The zero-order valence-electron chi connectivity index (χ0n) is 15.3. The summed E-state index contributed by atoms with van der Waals surface area (Å²) in [7, 11) is 0. The molecule has 0 fully saturated rings. The molecule has 3 heterocycles. The van der Waals surface area contributed by atoms with E-state index in [4.69, 9.17) is 4.42 Å². The van der Waals surface area contributed by atoms with Gasteiger partial charge in [-0.15, -0.1) is 0 Å². The Labute approximate surface area is 147 Å². The third kappa shape index (κ3) is 3.54. The fourth-order valence-electron chi connectivity index (χ4n) is 3.07. The number of aliphatic hydroxyl groups is 1. The lowest BCUT2D eigenvalue weighted by atomic mass is 9.90. The van der Waals surface area contributed by atoms with E-state index in [1.165, 1.54) is 5.56 Å². The van der Waals surface area contributed by atoms with Crippen LogP contribution in [0.25, 0.3) is 11.0 Å². The van der Waals surface area contributed by atoms with Gasteiger partial charge in [0, 0.05) is 18.8 Å². The van der Waals surface area contributed by atoms with Crippen LogP contribution in [-0.4, -0.2) is 32.8 Å². The van der Waals surface area contributed by atoms with Crippen LogP contribution in [0.3, 0.4) is 0 Å². The summed E-state index contributed by atoms with van der Waals surface area (Å²) in [5, 5.41) is 13.7. The fourth-order valence-corrected chi connectivity index (χ4v) is 3.07. The monoisotopic (exact) mass is 342 g/mol. The molecule has 0 amide bonds. The highest BCUT2D eigenvalue weighted by Gasteiger charge is 2.20. The maximum Gasteiger partial charge on any atom is 0.146 e. The van der Waals surface area contributed by atoms with Crippen LogP contribution in [0.2, 0.25) is 0 Å². The molecular weight excluding hydrogens is 316 g/mol. The predicted molar refractivity (Wildman–Crippen MR) is 98.8 cm³/mol. The van der Waals surface area contributed by atoms with Gasteiger partial charge in [-0.25, -0.2) is 9.97 Å². The summed E-state index contributed by atoms with van der Waals surface area (Å²) < 4.78 is 7.66. The number of nitrogens with one attached hydrogen (secondary N) is 1. The van der Waals surface area contributed by atoms with Gasteiger partial charge in [0.15, 0.2) is 0 Å². The second kappa shape index (κ2) is 6.88. The second-order valence-corrected chi connectivity index (χ2v) is 7.29. The van der Waals surface area contributed by atoms with E-state index in [0.717, 1.165) is 41.3 Å². The standard InChI is InChI=1S/C19H26N4O2/c1-13-14(2)23(10-15-6-5-9-25-15)18-16(13)17(21-12-22-18)20-11-19(3,4)7-8-24/h5-6,9,12,24H,7-8,10-11H2,1-4H3,(H,20,21,22). The van der Waals surface area contributed by atoms with Gasteiger partial charge >= 0.3 is 0 Å². The van der Waals surface area contributed by atoms with Crippen molar-refractivity contribution >= 4 is 16.9 Å². The number of aromatic nitrogens is 3. The van der Waals surface area contributed by atoms with Crippen molar-refractivity contribution in [3.63, 3.8) is 0 Å². The predicted octanol–water partition coefficient (Wildman–Crippen LogP) is 3.51. The molecule has 6 nitrogen and oxygen atoms in total. The van der Waals surface area contributed by atoms with Gasteiger partial charge in [-0.2, -0.15) is 0 Å². The molecule has 0 bridgehead atoms. The van der Waals surface area contributed by atoms with E-state index in [9.17, 15) is 5.11 Å². The van der Waals surface area contributed by atoms with Gasteiger partial charge in [0.05, 0.1) is 18.2 Å². The van der Waals surface area contributed by atoms with Crippen molar-refractivity contribution in [2.45, 2.75) is 40.7 Å². The minimum atomic E-state index is -0.00823. The lowest BCUT2D eigenvalue weighted by Crippen LogP contribution is -2.24. The zero-order valence-corrected chi connectivity index (χ0v) is 15.3. The molecule has 0 saturated heterocycles. The summed E-state index contributed by atoms with van der Waals surface area (Å²) in [4.78, 5) is 8.98. The van der Waals surface area contributed by atoms with E-state index in [1.807, 2.05) is 12.1 Å². The van der Waals surface area contributed by atoms with Crippen LogP contribution < -0.4 is 5.32 Å². The van der Waals surface area contributed by atoms with E-state index in [-0.39, 0.29) is 12.0 Å². The van der Waals surface area contributed by atoms with Crippen molar-refractivity contribution in [2.75, 3.05) is 18.5 Å².